The van der Waals surface area contributed by atoms with Gasteiger partial charge < -0.3 is 10.2 Å². The van der Waals surface area contributed by atoms with Gasteiger partial charge in [0.2, 0.25) is 5.91 Å². The fraction of sp³-hybridized carbons (Fsp3) is 0.222. The number of amides is 1. The van der Waals surface area contributed by atoms with Crippen molar-refractivity contribution in [2.75, 3.05) is 16.8 Å². The topological polar surface area (TPSA) is 71.0 Å². The molecule has 0 spiro atoms. The van der Waals surface area contributed by atoms with E-state index in [1.165, 1.54) is 0 Å². The lowest BCUT2D eigenvalue weighted by Gasteiger charge is -2.19. The number of fused-ring (bicyclic) bond motifs is 1. The molecule has 0 unspecified atom stereocenters. The maximum absolute atomic E-state index is 11.9. The molecule has 0 radical (unpaired) electrons. The van der Waals surface area contributed by atoms with Gasteiger partial charge >= 0.3 is 0 Å². The van der Waals surface area contributed by atoms with Crippen molar-refractivity contribution in [2.24, 2.45) is 0 Å². The molecule has 0 aliphatic carbocycles. The highest BCUT2D eigenvalue weighted by Gasteiger charge is 2.22. The highest BCUT2D eigenvalue weighted by atomic mass is 16.2. The number of nitrogens with one attached hydrogen (secondary N) is 1. The standard InChI is InChI=1S/C18H17N5O/c1-12-11-13(4-6-15(12)23-10-2-3-17(23)24)21-16-7-5-14-18(22-16)20-9-8-19-14/h4-9,11H,2-3,10H2,1H3,(H,20,21,22). The minimum Gasteiger partial charge on any atom is -0.340 e. The third-order valence-electron chi connectivity index (χ3n) is 4.17. The number of hydrogen-bond acceptors (Lipinski definition) is 5. The van der Waals surface area contributed by atoms with Crippen LogP contribution in [0.1, 0.15) is 18.4 Å². The Morgan fingerprint density at radius 2 is 2.00 bits per heavy atom. The zero-order chi connectivity index (χ0) is 16.5. The first-order chi connectivity index (χ1) is 11.7. The molecule has 1 aromatic carbocycles. The van der Waals surface area contributed by atoms with Gasteiger partial charge in [-0.3, -0.25) is 9.78 Å². The zero-order valence-corrected chi connectivity index (χ0v) is 13.4. The minimum absolute atomic E-state index is 0.202. The summed E-state index contributed by atoms with van der Waals surface area (Å²) in [4.78, 5) is 26.7. The molecule has 3 aromatic rings. The monoisotopic (exact) mass is 319 g/mol. The molecule has 4 rings (SSSR count). The first-order valence-electron chi connectivity index (χ1n) is 7.96. The summed E-state index contributed by atoms with van der Waals surface area (Å²) in [6, 6.07) is 9.76. The summed E-state index contributed by atoms with van der Waals surface area (Å²) in [6.45, 7) is 2.82. The first kappa shape index (κ1) is 14.6. The fourth-order valence-corrected chi connectivity index (χ4v) is 3.01. The van der Waals surface area contributed by atoms with Gasteiger partial charge in [0.1, 0.15) is 11.3 Å². The molecular formula is C18H17N5O. The molecule has 120 valence electrons. The number of carbonyl (C=O) groups is 1. The molecule has 6 nitrogen and oxygen atoms in total. The van der Waals surface area contributed by atoms with Crippen molar-refractivity contribution in [3.05, 3.63) is 48.3 Å². The number of nitrogens with zero attached hydrogens (tertiary/aromatic N) is 4. The predicted molar refractivity (Wildman–Crippen MR) is 93.4 cm³/mol. The van der Waals surface area contributed by atoms with Crippen molar-refractivity contribution in [1.29, 1.82) is 0 Å². The molecule has 1 aliphatic rings. The van der Waals surface area contributed by atoms with Crippen LogP contribution < -0.4 is 10.2 Å². The Morgan fingerprint density at radius 1 is 1.12 bits per heavy atom. The van der Waals surface area contributed by atoms with E-state index in [2.05, 4.69) is 20.3 Å². The van der Waals surface area contributed by atoms with Crippen LogP contribution in [-0.2, 0) is 4.79 Å². The van der Waals surface area contributed by atoms with E-state index in [0.717, 1.165) is 35.4 Å². The summed E-state index contributed by atoms with van der Waals surface area (Å²) in [5, 5.41) is 3.28. The van der Waals surface area contributed by atoms with Gasteiger partial charge in [0.25, 0.3) is 0 Å². The fourth-order valence-electron chi connectivity index (χ4n) is 3.01. The SMILES string of the molecule is Cc1cc(Nc2ccc3nccnc3n2)ccc1N1CCCC1=O. The van der Waals surface area contributed by atoms with Gasteiger partial charge in [-0.1, -0.05) is 0 Å². The molecule has 6 heteroatoms. The average Bonchev–Trinajstić information content (AvgIpc) is 3.01. The molecule has 1 aliphatic heterocycles. The van der Waals surface area contributed by atoms with Crippen molar-refractivity contribution in [3.8, 4) is 0 Å². The van der Waals surface area contributed by atoms with E-state index in [4.69, 9.17) is 0 Å². The van der Waals surface area contributed by atoms with Gasteiger partial charge in [-0.05, 0) is 49.2 Å². The van der Waals surface area contributed by atoms with Gasteiger partial charge in [-0.25, -0.2) is 9.97 Å². The molecule has 0 bridgehead atoms. The number of hydrogen-bond donors (Lipinski definition) is 1. The van der Waals surface area contributed by atoms with E-state index in [0.29, 0.717) is 17.9 Å². The minimum atomic E-state index is 0.202. The molecule has 1 fully saturated rings. The summed E-state index contributed by atoms with van der Waals surface area (Å²) >= 11 is 0. The third-order valence-corrected chi connectivity index (χ3v) is 4.17. The Hall–Kier alpha value is -3.02. The lowest BCUT2D eigenvalue weighted by molar-refractivity contribution is -0.117. The lowest BCUT2D eigenvalue weighted by Crippen LogP contribution is -2.24. The Labute approximate surface area is 139 Å². The second kappa shape index (κ2) is 5.88. The Bertz CT molecular complexity index is 924. The molecule has 1 N–H and O–H groups in total. The van der Waals surface area contributed by atoms with Crippen LogP contribution in [-0.4, -0.2) is 27.4 Å². The van der Waals surface area contributed by atoms with E-state index in [9.17, 15) is 4.79 Å². The molecule has 0 atom stereocenters. The molecule has 1 saturated heterocycles. The molecule has 1 amide bonds. The van der Waals surface area contributed by atoms with Crippen LogP contribution in [0, 0.1) is 6.92 Å². The summed E-state index contributed by atoms with van der Waals surface area (Å²) in [5.74, 6) is 0.918. The average molecular weight is 319 g/mol. The second-order valence-electron chi connectivity index (χ2n) is 5.87. The van der Waals surface area contributed by atoms with Crippen LogP contribution in [0.4, 0.5) is 17.2 Å². The molecule has 2 aromatic heterocycles. The summed E-state index contributed by atoms with van der Waals surface area (Å²) in [6.07, 6.45) is 4.85. The third kappa shape index (κ3) is 2.67. The van der Waals surface area contributed by atoms with Crippen LogP contribution in [0.3, 0.4) is 0 Å². The molecule has 3 heterocycles. The number of anilines is 3. The van der Waals surface area contributed by atoms with Gasteiger partial charge in [0.15, 0.2) is 5.65 Å². The molecular weight excluding hydrogens is 302 g/mol. The van der Waals surface area contributed by atoms with E-state index < -0.39 is 0 Å². The Morgan fingerprint density at radius 3 is 2.79 bits per heavy atom. The van der Waals surface area contributed by atoms with Gasteiger partial charge in [0.05, 0.1) is 0 Å². The number of benzene rings is 1. The Kier molecular flexibility index (Phi) is 3.57. The van der Waals surface area contributed by atoms with Crippen molar-refractivity contribution < 1.29 is 4.79 Å². The van der Waals surface area contributed by atoms with E-state index in [1.807, 2.05) is 42.2 Å². The number of pyridine rings is 1. The van der Waals surface area contributed by atoms with Crippen LogP contribution in [0.15, 0.2) is 42.7 Å². The maximum Gasteiger partial charge on any atom is 0.227 e. The van der Waals surface area contributed by atoms with Crippen LogP contribution >= 0.6 is 0 Å². The second-order valence-corrected chi connectivity index (χ2v) is 5.87. The van der Waals surface area contributed by atoms with Crippen molar-refractivity contribution in [2.45, 2.75) is 19.8 Å². The number of aromatic nitrogens is 3. The highest BCUT2D eigenvalue weighted by molar-refractivity contribution is 5.96. The highest BCUT2D eigenvalue weighted by Crippen LogP contribution is 2.28. The van der Waals surface area contributed by atoms with Crippen LogP contribution in [0.2, 0.25) is 0 Å². The van der Waals surface area contributed by atoms with Gasteiger partial charge in [0, 0.05) is 36.7 Å². The normalized spacial score (nSPS) is 14.4. The maximum atomic E-state index is 11.9. The summed E-state index contributed by atoms with van der Waals surface area (Å²) in [5.41, 5.74) is 4.36. The number of aryl methyl sites for hydroxylation is 1. The van der Waals surface area contributed by atoms with Gasteiger partial charge in [-0.15, -0.1) is 0 Å². The smallest absolute Gasteiger partial charge is 0.227 e. The number of carbonyl (C=O) groups excluding carboxylic acids is 1. The van der Waals surface area contributed by atoms with E-state index in [1.54, 1.807) is 12.4 Å². The van der Waals surface area contributed by atoms with Crippen LogP contribution in [0.5, 0.6) is 0 Å². The lowest BCUT2D eigenvalue weighted by atomic mass is 10.1. The molecule has 24 heavy (non-hydrogen) atoms. The number of rotatable bonds is 3. The quantitative estimate of drug-likeness (QED) is 0.802. The van der Waals surface area contributed by atoms with Gasteiger partial charge in [-0.2, -0.15) is 0 Å². The zero-order valence-electron chi connectivity index (χ0n) is 13.4. The predicted octanol–water partition coefficient (Wildman–Crippen LogP) is 3.20. The van der Waals surface area contributed by atoms with Crippen molar-refractivity contribution in [1.82, 2.24) is 15.0 Å². The van der Waals surface area contributed by atoms with E-state index in [-0.39, 0.29) is 5.91 Å². The summed E-state index contributed by atoms with van der Waals surface area (Å²) in [7, 11) is 0. The summed E-state index contributed by atoms with van der Waals surface area (Å²) < 4.78 is 0. The Balaban J connectivity index is 1.60. The first-order valence-corrected chi connectivity index (χ1v) is 7.96. The molecule has 0 saturated carbocycles. The van der Waals surface area contributed by atoms with E-state index >= 15 is 0 Å². The van der Waals surface area contributed by atoms with Crippen LogP contribution in [0.25, 0.3) is 11.2 Å². The largest absolute Gasteiger partial charge is 0.340 e. The van der Waals surface area contributed by atoms with Crippen molar-refractivity contribution >= 4 is 34.3 Å². The van der Waals surface area contributed by atoms with Crippen molar-refractivity contribution in [3.63, 3.8) is 0 Å².